The van der Waals surface area contributed by atoms with Gasteiger partial charge in [-0.25, -0.2) is 0 Å². The Morgan fingerprint density at radius 3 is 2.29 bits per heavy atom. The second kappa shape index (κ2) is 3.78. The lowest BCUT2D eigenvalue weighted by atomic mass is 10.1. The minimum Gasteiger partial charge on any atom is -0.398 e. The molecule has 4 N–H and O–H groups in total. The zero-order valence-corrected chi connectivity index (χ0v) is 8.61. The Labute approximate surface area is 87.2 Å². The third-order valence-corrected chi connectivity index (χ3v) is 2.59. The summed E-state index contributed by atoms with van der Waals surface area (Å²) in [5.41, 5.74) is 10.2. The van der Waals surface area contributed by atoms with Crippen molar-refractivity contribution < 1.29 is 13.2 Å². The van der Waals surface area contributed by atoms with E-state index in [-0.39, 0.29) is 16.7 Å². The molecule has 0 fully saturated rings. The summed E-state index contributed by atoms with van der Waals surface area (Å²) in [7, 11) is 0. The second-order valence-electron chi connectivity index (χ2n) is 2.75. The van der Waals surface area contributed by atoms with Gasteiger partial charge in [0.2, 0.25) is 0 Å². The Morgan fingerprint density at radius 2 is 1.86 bits per heavy atom. The molecule has 0 unspecified atom stereocenters. The molecule has 0 aliphatic rings. The van der Waals surface area contributed by atoms with Gasteiger partial charge in [0, 0.05) is 12.2 Å². The first-order chi connectivity index (χ1) is 6.36. The average Bonchev–Trinajstić information content (AvgIpc) is 2.07. The van der Waals surface area contributed by atoms with E-state index in [1.807, 2.05) is 0 Å². The Hall–Kier alpha value is -0.750. The van der Waals surface area contributed by atoms with Gasteiger partial charge in [-0.3, -0.25) is 0 Å². The lowest BCUT2D eigenvalue weighted by Crippen LogP contribution is -2.10. The highest BCUT2D eigenvalue weighted by Gasteiger charge is 2.33. The smallest absolute Gasteiger partial charge is 0.398 e. The molecular weight excluding hydrogens is 261 g/mol. The van der Waals surface area contributed by atoms with Crippen molar-refractivity contribution in [2.45, 2.75) is 12.7 Å². The van der Waals surface area contributed by atoms with Gasteiger partial charge in [0.1, 0.15) is 0 Å². The predicted octanol–water partition coefficient (Wildman–Crippen LogP) is 2.51. The number of hydrogen-bond acceptors (Lipinski definition) is 2. The van der Waals surface area contributed by atoms with E-state index in [4.69, 9.17) is 11.5 Å². The predicted molar refractivity (Wildman–Crippen MR) is 51.4 cm³/mol. The molecule has 0 amide bonds. The Kier molecular flexibility index (Phi) is 3.06. The van der Waals surface area contributed by atoms with Crippen molar-refractivity contribution in [3.8, 4) is 0 Å². The van der Waals surface area contributed by atoms with Crippen molar-refractivity contribution >= 4 is 21.6 Å². The maximum atomic E-state index is 12.4. The summed E-state index contributed by atoms with van der Waals surface area (Å²) in [6, 6.07) is 2.40. The molecule has 78 valence electrons. The molecule has 0 aliphatic heterocycles. The van der Waals surface area contributed by atoms with Crippen LogP contribution in [0, 0.1) is 0 Å². The minimum atomic E-state index is -4.42. The van der Waals surface area contributed by atoms with Crippen LogP contribution in [0.1, 0.15) is 11.1 Å². The summed E-state index contributed by atoms with van der Waals surface area (Å²) in [5.74, 6) is 0. The van der Waals surface area contributed by atoms with Crippen LogP contribution in [0.4, 0.5) is 18.9 Å². The average molecular weight is 269 g/mol. The van der Waals surface area contributed by atoms with Crippen LogP contribution in [-0.2, 0) is 12.7 Å². The second-order valence-corrected chi connectivity index (χ2v) is 3.54. The van der Waals surface area contributed by atoms with Crippen LogP contribution >= 0.6 is 15.9 Å². The molecule has 6 heteroatoms. The zero-order valence-electron chi connectivity index (χ0n) is 7.03. The third kappa shape index (κ3) is 2.19. The maximum absolute atomic E-state index is 12.4. The molecule has 0 saturated heterocycles. The van der Waals surface area contributed by atoms with Gasteiger partial charge in [-0.15, -0.1) is 0 Å². The van der Waals surface area contributed by atoms with E-state index in [0.29, 0.717) is 5.56 Å². The first-order valence-electron chi connectivity index (χ1n) is 3.71. The monoisotopic (exact) mass is 268 g/mol. The molecule has 2 nitrogen and oxygen atoms in total. The summed E-state index contributed by atoms with van der Waals surface area (Å²) >= 11 is 2.79. The zero-order chi connectivity index (χ0) is 10.9. The fourth-order valence-electron chi connectivity index (χ4n) is 1.03. The van der Waals surface area contributed by atoms with Crippen molar-refractivity contribution in [2.24, 2.45) is 5.73 Å². The van der Waals surface area contributed by atoms with Gasteiger partial charge in [-0.1, -0.05) is 0 Å². The fraction of sp³-hybridized carbons (Fsp3) is 0.250. The van der Waals surface area contributed by atoms with Crippen LogP contribution in [0.5, 0.6) is 0 Å². The minimum absolute atomic E-state index is 0.0283. The number of anilines is 1. The molecule has 0 bridgehead atoms. The number of rotatable bonds is 1. The first-order valence-corrected chi connectivity index (χ1v) is 4.50. The van der Waals surface area contributed by atoms with Gasteiger partial charge >= 0.3 is 6.18 Å². The van der Waals surface area contributed by atoms with Crippen LogP contribution in [-0.4, -0.2) is 0 Å². The van der Waals surface area contributed by atoms with Crippen molar-refractivity contribution in [2.75, 3.05) is 5.73 Å². The molecule has 1 rings (SSSR count). The summed E-state index contributed by atoms with van der Waals surface area (Å²) in [6.07, 6.45) is -4.42. The Balaban J connectivity index is 3.35. The first kappa shape index (κ1) is 11.3. The standard InChI is InChI=1S/C8H8BrF3N2/c9-7-5(8(10,11)12)1-4(3-13)2-6(7)14/h1-2H,3,13-14H2. The van der Waals surface area contributed by atoms with E-state index < -0.39 is 11.7 Å². The van der Waals surface area contributed by atoms with Crippen LogP contribution in [0.25, 0.3) is 0 Å². The molecule has 0 heterocycles. The summed E-state index contributed by atoms with van der Waals surface area (Å²) in [6.45, 7) is 0.0283. The highest BCUT2D eigenvalue weighted by atomic mass is 79.9. The Bertz CT molecular complexity index is 349. The van der Waals surface area contributed by atoms with Crippen LogP contribution in [0.3, 0.4) is 0 Å². The van der Waals surface area contributed by atoms with Crippen molar-refractivity contribution in [1.29, 1.82) is 0 Å². The third-order valence-electron chi connectivity index (χ3n) is 1.70. The van der Waals surface area contributed by atoms with E-state index in [0.717, 1.165) is 6.07 Å². The number of alkyl halides is 3. The number of halogens is 4. The molecule has 1 aromatic carbocycles. The van der Waals surface area contributed by atoms with Crippen LogP contribution in [0.2, 0.25) is 0 Å². The molecule has 1 aromatic rings. The lowest BCUT2D eigenvalue weighted by Gasteiger charge is -2.12. The van der Waals surface area contributed by atoms with E-state index in [1.54, 1.807) is 0 Å². The highest BCUT2D eigenvalue weighted by molar-refractivity contribution is 9.10. The number of hydrogen-bond donors (Lipinski definition) is 2. The maximum Gasteiger partial charge on any atom is 0.417 e. The van der Waals surface area contributed by atoms with E-state index >= 15 is 0 Å². The van der Waals surface area contributed by atoms with Gasteiger partial charge in [0.25, 0.3) is 0 Å². The molecule has 0 aromatic heterocycles. The van der Waals surface area contributed by atoms with Crippen LogP contribution < -0.4 is 11.5 Å². The Morgan fingerprint density at radius 1 is 1.29 bits per heavy atom. The SMILES string of the molecule is NCc1cc(N)c(Br)c(C(F)(F)F)c1. The summed E-state index contributed by atoms with van der Waals surface area (Å²) in [5, 5.41) is 0. The molecular formula is C8H8BrF3N2. The van der Waals surface area contributed by atoms with E-state index in [9.17, 15) is 13.2 Å². The molecule has 0 atom stereocenters. The molecule has 0 radical (unpaired) electrons. The topological polar surface area (TPSA) is 52.0 Å². The highest BCUT2D eigenvalue weighted by Crippen LogP contribution is 2.38. The molecule has 0 aliphatic carbocycles. The number of nitrogen functional groups attached to an aromatic ring is 1. The van der Waals surface area contributed by atoms with Crippen molar-refractivity contribution in [3.63, 3.8) is 0 Å². The van der Waals surface area contributed by atoms with E-state index in [2.05, 4.69) is 15.9 Å². The van der Waals surface area contributed by atoms with Gasteiger partial charge < -0.3 is 11.5 Å². The van der Waals surface area contributed by atoms with Gasteiger partial charge in [-0.2, -0.15) is 13.2 Å². The van der Waals surface area contributed by atoms with Crippen LogP contribution in [0.15, 0.2) is 16.6 Å². The quantitative estimate of drug-likeness (QED) is 0.769. The van der Waals surface area contributed by atoms with Gasteiger partial charge in [0.05, 0.1) is 10.0 Å². The molecule has 14 heavy (non-hydrogen) atoms. The number of benzene rings is 1. The van der Waals surface area contributed by atoms with Crippen molar-refractivity contribution in [1.82, 2.24) is 0 Å². The van der Waals surface area contributed by atoms with Crippen molar-refractivity contribution in [3.05, 3.63) is 27.7 Å². The largest absolute Gasteiger partial charge is 0.417 e. The van der Waals surface area contributed by atoms with E-state index in [1.165, 1.54) is 6.07 Å². The summed E-state index contributed by atoms with van der Waals surface area (Å²) in [4.78, 5) is 0. The molecule has 0 saturated carbocycles. The lowest BCUT2D eigenvalue weighted by molar-refractivity contribution is -0.138. The summed E-state index contributed by atoms with van der Waals surface area (Å²) < 4.78 is 37.1. The normalized spacial score (nSPS) is 11.8. The van der Waals surface area contributed by atoms with Gasteiger partial charge in [-0.05, 0) is 33.6 Å². The fourth-order valence-corrected chi connectivity index (χ4v) is 1.49. The number of nitrogens with two attached hydrogens (primary N) is 2. The molecule has 0 spiro atoms. The van der Waals surface area contributed by atoms with Gasteiger partial charge in [0.15, 0.2) is 0 Å².